The maximum atomic E-state index is 11.5. The molecule has 0 aliphatic carbocycles. The highest BCUT2D eigenvalue weighted by atomic mass is 79.9. The van der Waals surface area contributed by atoms with Crippen LogP contribution in [0.1, 0.15) is 50.4 Å². The second-order valence-electron chi connectivity index (χ2n) is 8.60. The number of methoxy groups -OCH3 is 2. The van der Waals surface area contributed by atoms with Gasteiger partial charge in [0.15, 0.2) is 0 Å². The van der Waals surface area contributed by atoms with Crippen molar-refractivity contribution in [3.05, 3.63) is 127 Å². The van der Waals surface area contributed by atoms with Crippen molar-refractivity contribution in [2.45, 2.75) is 30.0 Å². The van der Waals surface area contributed by atoms with E-state index in [0.717, 1.165) is 52.9 Å². The summed E-state index contributed by atoms with van der Waals surface area (Å²) in [7, 11) is 2.75. The quantitative estimate of drug-likeness (QED) is 0.140. The zero-order valence-corrected chi connectivity index (χ0v) is 31.2. The Kier molecular flexibility index (Phi) is 19.5. The zero-order chi connectivity index (χ0) is 31.8. The Bertz CT molecular complexity index is 1500. The molecule has 4 aromatic rings. The minimum Gasteiger partial charge on any atom is -0.508 e. The van der Waals surface area contributed by atoms with E-state index in [1.54, 1.807) is 36.4 Å². The second-order valence-corrected chi connectivity index (χ2v) is 12.0. The van der Waals surface area contributed by atoms with Crippen LogP contribution in [0.3, 0.4) is 0 Å². The highest BCUT2D eigenvalue weighted by Gasteiger charge is 2.07. The summed E-state index contributed by atoms with van der Waals surface area (Å²) in [5.41, 5.74) is 5.28. The number of phenols is 1. The van der Waals surface area contributed by atoms with Crippen molar-refractivity contribution in [2.24, 2.45) is 0 Å². The second kappa shape index (κ2) is 21.5. The predicted octanol–water partition coefficient (Wildman–Crippen LogP) is 10.8. The summed E-state index contributed by atoms with van der Waals surface area (Å²) >= 11 is 16.9. The van der Waals surface area contributed by atoms with E-state index in [1.165, 1.54) is 14.2 Å². The first-order valence-corrected chi connectivity index (χ1v) is 17.5. The van der Waals surface area contributed by atoms with Crippen molar-refractivity contribution < 1.29 is 28.9 Å². The van der Waals surface area contributed by atoms with Crippen LogP contribution in [-0.2, 0) is 32.1 Å². The van der Waals surface area contributed by atoms with Crippen LogP contribution in [0.25, 0.3) is 0 Å². The van der Waals surface area contributed by atoms with Crippen molar-refractivity contribution in [1.82, 2.24) is 0 Å². The van der Waals surface area contributed by atoms with Crippen LogP contribution in [0.4, 0.5) is 0 Å². The lowest BCUT2D eigenvalue weighted by molar-refractivity contribution is 0.0591. The molecule has 0 fully saturated rings. The third-order valence-corrected chi connectivity index (χ3v) is 8.99. The average molecular weight is 925 g/mol. The molecule has 0 saturated carbocycles. The minimum atomic E-state index is -0.345. The minimum absolute atomic E-state index is 0. The normalized spacial score (nSPS) is 9.70. The lowest BCUT2D eigenvalue weighted by Crippen LogP contribution is -2.03. The lowest BCUT2D eigenvalue weighted by atomic mass is 10.1. The number of carbonyl (C=O) groups is 2. The van der Waals surface area contributed by atoms with Gasteiger partial charge in [-0.05, 0) is 82.9 Å². The summed E-state index contributed by atoms with van der Waals surface area (Å²) in [4.78, 5) is 22.5. The first kappa shape index (κ1) is 39.8. The lowest BCUT2D eigenvalue weighted by Gasteiger charge is -2.09. The monoisotopic (exact) mass is 920 g/mol. The van der Waals surface area contributed by atoms with E-state index in [1.807, 2.05) is 48.5 Å². The summed E-state index contributed by atoms with van der Waals surface area (Å²) in [5, 5.41) is 11.3. The van der Waals surface area contributed by atoms with Crippen LogP contribution in [0.15, 0.2) is 93.9 Å². The Hall–Kier alpha value is -2.18. The van der Waals surface area contributed by atoms with Crippen molar-refractivity contribution in [1.29, 1.82) is 0 Å². The molecule has 1 N–H and O–H groups in total. The number of alkyl halides is 3. The van der Waals surface area contributed by atoms with E-state index in [0.29, 0.717) is 23.5 Å². The third kappa shape index (κ3) is 13.4. The summed E-state index contributed by atoms with van der Waals surface area (Å²) in [5.74, 6) is 0.452. The number of hydrogen-bond acceptors (Lipinski definition) is 6. The standard InChI is InChI=1S/C16H14Br2O3.C9H9BrO2.C7H6Br2O.CH4/c1-20-16(19)12-4-2-3-11(7-12)10-21-14-5-6-15(18)13(8-14)9-17;1-12-9(11)8-4-2-3-7(5-8)6-10;8-4-5-3-6(10)1-2-7(5)9;/h2-8H,9-10H2,1H3;2-5H,6H2,1H3;1-3,10H,4H2;1H4. The highest BCUT2D eigenvalue weighted by Crippen LogP contribution is 2.25. The average Bonchev–Trinajstić information content (AvgIpc) is 3.05. The van der Waals surface area contributed by atoms with E-state index in [-0.39, 0.29) is 19.4 Å². The van der Waals surface area contributed by atoms with Gasteiger partial charge in [-0.2, -0.15) is 0 Å². The molecule has 0 atom stereocenters. The Morgan fingerprint density at radius 2 is 1.16 bits per heavy atom. The van der Waals surface area contributed by atoms with Crippen LogP contribution in [0, 0.1) is 0 Å². The summed E-state index contributed by atoms with van der Waals surface area (Å²) < 4.78 is 17.1. The number of esters is 2. The van der Waals surface area contributed by atoms with Crippen LogP contribution in [-0.4, -0.2) is 31.3 Å². The maximum Gasteiger partial charge on any atom is 0.337 e. The fourth-order valence-corrected chi connectivity index (χ4v) is 6.18. The number of rotatable bonds is 8. The zero-order valence-electron chi connectivity index (χ0n) is 23.3. The fraction of sp³-hybridized carbons (Fsp3) is 0.212. The smallest absolute Gasteiger partial charge is 0.337 e. The molecule has 0 aromatic heterocycles. The van der Waals surface area contributed by atoms with Gasteiger partial charge in [-0.15, -0.1) is 0 Å². The van der Waals surface area contributed by atoms with Gasteiger partial charge >= 0.3 is 11.9 Å². The number of phenolic OH excluding ortho intramolecular Hbond substituents is 1. The molecule has 0 bridgehead atoms. The summed E-state index contributed by atoms with van der Waals surface area (Å²) in [6, 6.07) is 25.6. The summed E-state index contributed by atoms with van der Waals surface area (Å²) in [6.07, 6.45) is 0. The van der Waals surface area contributed by atoms with Gasteiger partial charge < -0.3 is 19.3 Å². The topological polar surface area (TPSA) is 82.1 Å². The molecule has 0 saturated heterocycles. The van der Waals surface area contributed by atoms with Crippen LogP contribution >= 0.6 is 79.6 Å². The van der Waals surface area contributed by atoms with Gasteiger partial charge in [0.25, 0.3) is 0 Å². The van der Waals surface area contributed by atoms with Crippen LogP contribution < -0.4 is 4.74 Å². The number of carbonyl (C=O) groups excluding carboxylic acids is 2. The molecular formula is C33H33Br5O6. The van der Waals surface area contributed by atoms with Crippen molar-refractivity contribution in [2.75, 3.05) is 14.2 Å². The largest absolute Gasteiger partial charge is 0.508 e. The highest BCUT2D eigenvalue weighted by molar-refractivity contribution is 9.11. The Balaban J connectivity index is 0.000000358. The van der Waals surface area contributed by atoms with Crippen LogP contribution in [0.2, 0.25) is 0 Å². The molecular weight excluding hydrogens is 892 g/mol. The van der Waals surface area contributed by atoms with Gasteiger partial charge in [-0.1, -0.05) is 111 Å². The van der Waals surface area contributed by atoms with Gasteiger partial charge in [0.2, 0.25) is 0 Å². The van der Waals surface area contributed by atoms with Gasteiger partial charge in [0, 0.05) is 24.9 Å². The molecule has 0 radical (unpaired) electrons. The van der Waals surface area contributed by atoms with Gasteiger partial charge in [-0.25, -0.2) is 9.59 Å². The number of hydrogen-bond donors (Lipinski definition) is 1. The van der Waals surface area contributed by atoms with E-state index in [9.17, 15) is 9.59 Å². The first-order valence-electron chi connectivity index (χ1n) is 12.6. The Labute approximate surface area is 301 Å². The molecule has 4 rings (SSSR count). The molecule has 11 heteroatoms. The van der Waals surface area contributed by atoms with Crippen molar-refractivity contribution in [3.8, 4) is 11.5 Å². The molecule has 4 aromatic carbocycles. The third-order valence-electron chi connectivity index (χ3n) is 5.59. The number of halogens is 5. The Morgan fingerprint density at radius 1 is 0.659 bits per heavy atom. The van der Waals surface area contributed by atoms with Gasteiger partial charge in [0.1, 0.15) is 18.1 Å². The number of ether oxygens (including phenoxy) is 3. The molecule has 44 heavy (non-hydrogen) atoms. The van der Waals surface area contributed by atoms with Gasteiger partial charge in [0.05, 0.1) is 25.3 Å². The fourth-order valence-electron chi connectivity index (χ4n) is 3.38. The molecule has 0 aliphatic rings. The van der Waals surface area contributed by atoms with Crippen molar-refractivity contribution >= 4 is 91.6 Å². The van der Waals surface area contributed by atoms with E-state index < -0.39 is 0 Å². The van der Waals surface area contributed by atoms with E-state index >= 15 is 0 Å². The molecule has 0 amide bonds. The molecule has 0 unspecified atom stereocenters. The molecule has 0 spiro atoms. The maximum absolute atomic E-state index is 11.5. The SMILES string of the molecule is C.COC(=O)c1cccc(CBr)c1.COC(=O)c1cccc(COc2ccc(Br)c(CBr)c2)c1.Oc1ccc(Br)c(CBr)c1. The molecule has 0 aliphatic heterocycles. The van der Waals surface area contributed by atoms with E-state index in [4.69, 9.17) is 14.6 Å². The Morgan fingerprint density at radius 3 is 1.66 bits per heavy atom. The number of aromatic hydroxyl groups is 1. The molecule has 0 heterocycles. The number of benzene rings is 4. The predicted molar refractivity (Wildman–Crippen MR) is 194 cm³/mol. The molecule has 6 nitrogen and oxygen atoms in total. The van der Waals surface area contributed by atoms with Crippen LogP contribution in [0.5, 0.6) is 11.5 Å². The van der Waals surface area contributed by atoms with Crippen molar-refractivity contribution in [3.63, 3.8) is 0 Å². The van der Waals surface area contributed by atoms with Gasteiger partial charge in [-0.3, -0.25) is 0 Å². The first-order chi connectivity index (χ1) is 20.6. The molecule has 236 valence electrons. The van der Waals surface area contributed by atoms with E-state index in [2.05, 4.69) is 84.4 Å². The summed E-state index contributed by atoms with van der Waals surface area (Å²) in [6.45, 7) is 0.397.